The van der Waals surface area contributed by atoms with Crippen molar-refractivity contribution >= 4 is 5.97 Å². The lowest BCUT2D eigenvalue weighted by molar-refractivity contribution is 0.0468. The van der Waals surface area contributed by atoms with Crippen LogP contribution in [0.4, 0.5) is 0 Å². The first-order valence-corrected chi connectivity index (χ1v) is 3.87. The standard InChI is InChI=1S/C7H12N4O2/c1-11(2)3-4-13-7(12)6-8-5-9-10-6/h5H,3-4H2,1-2H3,(H,8,9,10). The number of aromatic nitrogens is 3. The monoisotopic (exact) mass is 184 g/mol. The fourth-order valence-electron chi connectivity index (χ4n) is 0.693. The Bertz CT molecular complexity index is 257. The zero-order valence-corrected chi connectivity index (χ0v) is 7.65. The van der Waals surface area contributed by atoms with E-state index in [1.807, 2.05) is 19.0 Å². The number of carbonyl (C=O) groups excluding carboxylic acids is 1. The van der Waals surface area contributed by atoms with Crippen LogP contribution in [0.5, 0.6) is 0 Å². The van der Waals surface area contributed by atoms with Gasteiger partial charge in [-0.2, -0.15) is 5.10 Å². The fourth-order valence-corrected chi connectivity index (χ4v) is 0.693. The highest BCUT2D eigenvalue weighted by molar-refractivity contribution is 5.84. The van der Waals surface area contributed by atoms with Crippen LogP contribution in [0.3, 0.4) is 0 Å². The van der Waals surface area contributed by atoms with Crippen molar-refractivity contribution in [2.75, 3.05) is 27.2 Å². The van der Waals surface area contributed by atoms with E-state index >= 15 is 0 Å². The highest BCUT2D eigenvalue weighted by Gasteiger charge is 2.09. The molecule has 6 heteroatoms. The van der Waals surface area contributed by atoms with Crippen LogP contribution in [0.1, 0.15) is 10.6 Å². The Kier molecular flexibility index (Phi) is 3.39. The summed E-state index contributed by atoms with van der Waals surface area (Å²) in [5, 5.41) is 5.96. The topological polar surface area (TPSA) is 71.1 Å². The van der Waals surface area contributed by atoms with Gasteiger partial charge in [0.1, 0.15) is 12.9 Å². The minimum atomic E-state index is -0.473. The molecular weight excluding hydrogens is 172 g/mol. The molecule has 1 aromatic rings. The number of ether oxygens (including phenoxy) is 1. The second-order valence-electron chi connectivity index (χ2n) is 2.77. The van der Waals surface area contributed by atoms with Crippen LogP contribution in [0.25, 0.3) is 0 Å². The minimum absolute atomic E-state index is 0.138. The highest BCUT2D eigenvalue weighted by atomic mass is 16.5. The predicted molar refractivity (Wildman–Crippen MR) is 45.2 cm³/mol. The number of carbonyl (C=O) groups is 1. The van der Waals surface area contributed by atoms with E-state index in [1.165, 1.54) is 6.33 Å². The zero-order valence-electron chi connectivity index (χ0n) is 7.65. The average Bonchev–Trinajstić information content (AvgIpc) is 2.55. The van der Waals surface area contributed by atoms with E-state index in [9.17, 15) is 4.79 Å². The Morgan fingerprint density at radius 2 is 2.46 bits per heavy atom. The molecule has 0 aromatic carbocycles. The Hall–Kier alpha value is -1.43. The maximum absolute atomic E-state index is 11.1. The van der Waals surface area contributed by atoms with E-state index in [0.29, 0.717) is 13.2 Å². The van der Waals surface area contributed by atoms with Gasteiger partial charge in [0.15, 0.2) is 0 Å². The molecule has 1 N–H and O–H groups in total. The molecule has 0 saturated heterocycles. The third kappa shape index (κ3) is 3.20. The Morgan fingerprint density at radius 1 is 1.69 bits per heavy atom. The summed E-state index contributed by atoms with van der Waals surface area (Å²) >= 11 is 0. The normalized spacial score (nSPS) is 10.4. The second kappa shape index (κ2) is 4.56. The smallest absolute Gasteiger partial charge is 0.375 e. The van der Waals surface area contributed by atoms with E-state index in [4.69, 9.17) is 4.74 Å². The second-order valence-corrected chi connectivity index (χ2v) is 2.77. The van der Waals surface area contributed by atoms with Crippen molar-refractivity contribution in [3.8, 4) is 0 Å². The molecule has 13 heavy (non-hydrogen) atoms. The van der Waals surface area contributed by atoms with Gasteiger partial charge in [-0.25, -0.2) is 9.78 Å². The number of rotatable bonds is 4. The van der Waals surface area contributed by atoms with Crippen LogP contribution in [-0.4, -0.2) is 53.3 Å². The molecule has 0 atom stereocenters. The van der Waals surface area contributed by atoms with Crippen molar-refractivity contribution in [1.29, 1.82) is 0 Å². The van der Waals surface area contributed by atoms with Crippen LogP contribution in [0, 0.1) is 0 Å². The molecule has 0 aliphatic carbocycles. The Balaban J connectivity index is 2.27. The van der Waals surface area contributed by atoms with Crippen LogP contribution in [-0.2, 0) is 4.74 Å². The van der Waals surface area contributed by atoms with Gasteiger partial charge in [0.2, 0.25) is 5.82 Å². The van der Waals surface area contributed by atoms with Crippen LogP contribution >= 0.6 is 0 Å². The first kappa shape index (κ1) is 9.66. The van der Waals surface area contributed by atoms with E-state index < -0.39 is 5.97 Å². The number of likely N-dealkylation sites (N-methyl/N-ethyl adjacent to an activating group) is 1. The van der Waals surface area contributed by atoms with Gasteiger partial charge >= 0.3 is 5.97 Å². The molecule has 72 valence electrons. The van der Waals surface area contributed by atoms with Gasteiger partial charge in [-0.15, -0.1) is 0 Å². The molecular formula is C7H12N4O2. The summed E-state index contributed by atoms with van der Waals surface area (Å²) in [6.45, 7) is 1.05. The summed E-state index contributed by atoms with van der Waals surface area (Å²) in [6, 6.07) is 0. The number of H-pyrrole nitrogens is 1. The Morgan fingerprint density at radius 3 is 3.00 bits per heavy atom. The number of hydrogen-bond donors (Lipinski definition) is 1. The van der Waals surface area contributed by atoms with Gasteiger partial charge in [0.05, 0.1) is 0 Å². The predicted octanol–water partition coefficient (Wildman–Crippen LogP) is -0.477. The lowest BCUT2D eigenvalue weighted by atomic mass is 10.6. The zero-order chi connectivity index (χ0) is 9.68. The van der Waals surface area contributed by atoms with Crippen molar-refractivity contribution in [2.45, 2.75) is 0 Å². The van der Waals surface area contributed by atoms with E-state index in [1.54, 1.807) is 0 Å². The van der Waals surface area contributed by atoms with Gasteiger partial charge in [-0.1, -0.05) is 0 Å². The van der Waals surface area contributed by atoms with Crippen LogP contribution in [0.2, 0.25) is 0 Å². The Labute approximate surface area is 75.9 Å². The number of nitrogens with one attached hydrogen (secondary N) is 1. The van der Waals surface area contributed by atoms with Gasteiger partial charge in [-0.05, 0) is 14.1 Å². The van der Waals surface area contributed by atoms with Crippen molar-refractivity contribution in [1.82, 2.24) is 20.1 Å². The van der Waals surface area contributed by atoms with Crippen LogP contribution < -0.4 is 0 Å². The fraction of sp³-hybridized carbons (Fsp3) is 0.571. The third-order valence-corrected chi connectivity index (χ3v) is 1.38. The number of hydrogen-bond acceptors (Lipinski definition) is 5. The molecule has 0 bridgehead atoms. The first-order valence-electron chi connectivity index (χ1n) is 3.87. The van der Waals surface area contributed by atoms with Crippen molar-refractivity contribution in [3.63, 3.8) is 0 Å². The number of aromatic amines is 1. The molecule has 0 spiro atoms. The molecule has 0 saturated carbocycles. The lowest BCUT2D eigenvalue weighted by Crippen LogP contribution is -2.20. The SMILES string of the molecule is CN(C)CCOC(=O)c1ncn[nH]1. The largest absolute Gasteiger partial charge is 0.458 e. The highest BCUT2D eigenvalue weighted by Crippen LogP contribution is 1.90. The van der Waals surface area contributed by atoms with E-state index in [2.05, 4.69) is 15.2 Å². The summed E-state index contributed by atoms with van der Waals surface area (Å²) < 4.78 is 4.88. The molecule has 0 aliphatic rings. The van der Waals surface area contributed by atoms with E-state index in [0.717, 1.165) is 0 Å². The van der Waals surface area contributed by atoms with Gasteiger partial charge in [0, 0.05) is 6.54 Å². The van der Waals surface area contributed by atoms with Crippen molar-refractivity contribution in [2.24, 2.45) is 0 Å². The third-order valence-electron chi connectivity index (χ3n) is 1.38. The molecule has 1 rings (SSSR count). The summed E-state index contributed by atoms with van der Waals surface area (Å²) in [7, 11) is 3.81. The van der Waals surface area contributed by atoms with Gasteiger partial charge in [-0.3, -0.25) is 5.10 Å². The lowest BCUT2D eigenvalue weighted by Gasteiger charge is -2.08. The summed E-state index contributed by atoms with van der Waals surface area (Å²) in [5.41, 5.74) is 0. The number of esters is 1. The van der Waals surface area contributed by atoms with Gasteiger partial charge in [0.25, 0.3) is 0 Å². The quantitative estimate of drug-likeness (QED) is 0.640. The van der Waals surface area contributed by atoms with Crippen LogP contribution in [0.15, 0.2) is 6.33 Å². The molecule has 1 aromatic heterocycles. The van der Waals surface area contributed by atoms with Crippen molar-refractivity contribution in [3.05, 3.63) is 12.2 Å². The van der Waals surface area contributed by atoms with E-state index in [-0.39, 0.29) is 5.82 Å². The first-order chi connectivity index (χ1) is 6.20. The summed E-state index contributed by atoms with van der Waals surface area (Å²) in [4.78, 5) is 16.7. The minimum Gasteiger partial charge on any atom is -0.458 e. The molecule has 0 amide bonds. The average molecular weight is 184 g/mol. The summed E-state index contributed by atoms with van der Waals surface area (Å²) in [5.74, 6) is -0.335. The maximum Gasteiger partial charge on any atom is 0.375 e. The molecule has 0 aliphatic heterocycles. The molecule has 6 nitrogen and oxygen atoms in total. The molecule has 0 unspecified atom stereocenters. The number of nitrogens with zero attached hydrogens (tertiary/aromatic N) is 3. The summed E-state index contributed by atoms with van der Waals surface area (Å²) in [6.07, 6.45) is 1.27. The van der Waals surface area contributed by atoms with Gasteiger partial charge < -0.3 is 9.64 Å². The van der Waals surface area contributed by atoms with Crippen molar-refractivity contribution < 1.29 is 9.53 Å². The maximum atomic E-state index is 11.1. The molecule has 1 heterocycles. The molecule has 0 fully saturated rings. The molecule has 0 radical (unpaired) electrons.